The fraction of sp³-hybridized carbons (Fsp3) is 0.667. The van der Waals surface area contributed by atoms with Crippen molar-refractivity contribution in [2.45, 2.75) is 37.8 Å². The Kier molecular flexibility index (Phi) is 5.80. The molecule has 1 atom stereocenters. The molecule has 1 aliphatic rings. The van der Waals surface area contributed by atoms with E-state index in [2.05, 4.69) is 73.5 Å². The molecule has 0 heterocycles. The van der Waals surface area contributed by atoms with Gasteiger partial charge in [-0.1, -0.05) is 37.3 Å². The summed E-state index contributed by atoms with van der Waals surface area (Å²) < 4.78 is 0. The van der Waals surface area contributed by atoms with Crippen molar-refractivity contribution in [1.29, 1.82) is 0 Å². The summed E-state index contributed by atoms with van der Waals surface area (Å²) in [6.07, 6.45) is 4.02. The monoisotopic (exact) mass is 289 g/mol. The maximum atomic E-state index is 3.52. The molecule has 0 aliphatic heterocycles. The molecular weight excluding hydrogens is 258 g/mol. The summed E-state index contributed by atoms with van der Waals surface area (Å²) in [5, 5.41) is 3.52. The molecule has 118 valence electrons. The van der Waals surface area contributed by atoms with Gasteiger partial charge in [-0.25, -0.2) is 0 Å². The molecule has 1 unspecified atom stereocenters. The molecule has 1 N–H and O–H groups in total. The quantitative estimate of drug-likeness (QED) is 0.794. The zero-order valence-electron chi connectivity index (χ0n) is 14.1. The van der Waals surface area contributed by atoms with Crippen LogP contribution < -0.4 is 5.32 Å². The van der Waals surface area contributed by atoms with Crippen LogP contribution in [0.1, 0.15) is 37.8 Å². The first-order chi connectivity index (χ1) is 10.1. The van der Waals surface area contributed by atoms with E-state index < -0.39 is 0 Å². The molecule has 0 spiro atoms. The van der Waals surface area contributed by atoms with E-state index in [1.54, 1.807) is 0 Å². The Morgan fingerprint density at radius 2 is 1.81 bits per heavy atom. The lowest BCUT2D eigenvalue weighted by atomic mass is 9.75. The van der Waals surface area contributed by atoms with Crippen LogP contribution in [0.5, 0.6) is 0 Å². The summed E-state index contributed by atoms with van der Waals surface area (Å²) >= 11 is 0. The molecule has 0 aromatic heterocycles. The van der Waals surface area contributed by atoms with Gasteiger partial charge in [0.15, 0.2) is 0 Å². The highest BCUT2D eigenvalue weighted by Gasteiger charge is 2.40. The average Bonchev–Trinajstić information content (AvgIpc) is 2.44. The van der Waals surface area contributed by atoms with Crippen molar-refractivity contribution in [3.05, 3.63) is 35.9 Å². The summed E-state index contributed by atoms with van der Waals surface area (Å²) in [5.74, 6) is 0. The van der Waals surface area contributed by atoms with E-state index >= 15 is 0 Å². The fourth-order valence-corrected chi connectivity index (χ4v) is 3.39. The second-order valence-electron chi connectivity index (χ2n) is 6.62. The van der Waals surface area contributed by atoms with E-state index in [9.17, 15) is 0 Å². The molecule has 1 aromatic carbocycles. The van der Waals surface area contributed by atoms with E-state index in [0.29, 0.717) is 11.6 Å². The van der Waals surface area contributed by atoms with Gasteiger partial charge in [0.2, 0.25) is 0 Å². The summed E-state index contributed by atoms with van der Waals surface area (Å²) in [4.78, 5) is 4.97. The van der Waals surface area contributed by atoms with Crippen LogP contribution in [0, 0.1) is 0 Å². The van der Waals surface area contributed by atoms with Crippen LogP contribution in [0.2, 0.25) is 0 Å². The van der Waals surface area contributed by atoms with Crippen molar-refractivity contribution in [1.82, 2.24) is 15.1 Å². The number of likely N-dealkylation sites (N-methyl/N-ethyl adjacent to an activating group) is 3. The number of nitrogens with one attached hydrogen (secondary N) is 1. The van der Waals surface area contributed by atoms with Gasteiger partial charge in [0, 0.05) is 24.7 Å². The summed E-state index contributed by atoms with van der Waals surface area (Å²) in [5.41, 5.74) is 1.79. The van der Waals surface area contributed by atoms with E-state index in [1.165, 1.54) is 24.8 Å². The van der Waals surface area contributed by atoms with Gasteiger partial charge < -0.3 is 10.2 Å². The van der Waals surface area contributed by atoms with Crippen LogP contribution in [0.4, 0.5) is 0 Å². The highest BCUT2D eigenvalue weighted by Crippen LogP contribution is 2.38. The zero-order valence-corrected chi connectivity index (χ0v) is 14.1. The standard InChI is InChI=1S/C18H31N3/c1-5-19-14-17(16-10-7-6-8-11-16)21(4)15-18(20(2)3)12-9-13-18/h6-8,10-11,17,19H,5,9,12-15H2,1-4H3. The van der Waals surface area contributed by atoms with Gasteiger partial charge in [-0.2, -0.15) is 0 Å². The predicted molar refractivity (Wildman–Crippen MR) is 90.6 cm³/mol. The molecule has 1 fully saturated rings. The van der Waals surface area contributed by atoms with Gasteiger partial charge >= 0.3 is 0 Å². The first-order valence-electron chi connectivity index (χ1n) is 8.22. The van der Waals surface area contributed by atoms with Crippen molar-refractivity contribution < 1.29 is 0 Å². The Morgan fingerprint density at radius 3 is 2.29 bits per heavy atom. The molecular formula is C18H31N3. The highest BCUT2D eigenvalue weighted by molar-refractivity contribution is 5.19. The minimum absolute atomic E-state index is 0.383. The molecule has 0 saturated heterocycles. The van der Waals surface area contributed by atoms with Crippen molar-refractivity contribution in [2.24, 2.45) is 0 Å². The van der Waals surface area contributed by atoms with Crippen LogP contribution in [0.3, 0.4) is 0 Å². The highest BCUT2D eigenvalue weighted by atomic mass is 15.2. The predicted octanol–water partition coefficient (Wildman–Crippen LogP) is 2.75. The maximum absolute atomic E-state index is 3.52. The SMILES string of the molecule is CCNCC(c1ccccc1)N(C)CC1(N(C)C)CCC1. The number of rotatable bonds is 8. The number of benzene rings is 1. The van der Waals surface area contributed by atoms with Gasteiger partial charge in [-0.05, 0) is 52.5 Å². The van der Waals surface area contributed by atoms with Crippen molar-refractivity contribution in [3.8, 4) is 0 Å². The van der Waals surface area contributed by atoms with E-state index in [4.69, 9.17) is 0 Å². The smallest absolute Gasteiger partial charge is 0.0470 e. The molecule has 21 heavy (non-hydrogen) atoms. The Morgan fingerprint density at radius 1 is 1.14 bits per heavy atom. The fourth-order valence-electron chi connectivity index (χ4n) is 3.39. The lowest BCUT2D eigenvalue weighted by Gasteiger charge is -2.50. The summed E-state index contributed by atoms with van der Waals surface area (Å²) in [6.45, 7) is 5.36. The Balaban J connectivity index is 2.09. The molecule has 3 heteroatoms. The van der Waals surface area contributed by atoms with Crippen LogP contribution in [0.25, 0.3) is 0 Å². The molecule has 0 amide bonds. The molecule has 0 radical (unpaired) electrons. The third kappa shape index (κ3) is 3.85. The van der Waals surface area contributed by atoms with E-state index in [1.807, 2.05) is 0 Å². The Bertz CT molecular complexity index is 412. The minimum Gasteiger partial charge on any atom is -0.315 e. The van der Waals surface area contributed by atoms with Crippen LogP contribution in [0.15, 0.2) is 30.3 Å². The molecule has 2 rings (SSSR count). The van der Waals surface area contributed by atoms with Gasteiger partial charge in [0.25, 0.3) is 0 Å². The van der Waals surface area contributed by atoms with Gasteiger partial charge in [-0.15, -0.1) is 0 Å². The van der Waals surface area contributed by atoms with Crippen molar-refractivity contribution in [2.75, 3.05) is 40.8 Å². The summed E-state index contributed by atoms with van der Waals surface area (Å²) in [6, 6.07) is 11.3. The lowest BCUT2D eigenvalue weighted by Crippen LogP contribution is -2.57. The topological polar surface area (TPSA) is 18.5 Å². The normalized spacial score (nSPS) is 18.8. The second-order valence-corrected chi connectivity index (χ2v) is 6.62. The Hall–Kier alpha value is -0.900. The molecule has 0 bridgehead atoms. The zero-order chi connectivity index (χ0) is 15.3. The average molecular weight is 289 g/mol. The van der Waals surface area contributed by atoms with E-state index in [0.717, 1.165) is 19.6 Å². The van der Waals surface area contributed by atoms with Gasteiger partial charge in [0.05, 0.1) is 0 Å². The van der Waals surface area contributed by atoms with Gasteiger partial charge in [-0.3, -0.25) is 4.90 Å². The molecule has 1 aromatic rings. The molecule has 3 nitrogen and oxygen atoms in total. The van der Waals surface area contributed by atoms with Gasteiger partial charge in [0.1, 0.15) is 0 Å². The van der Waals surface area contributed by atoms with E-state index in [-0.39, 0.29) is 0 Å². The third-order valence-electron chi connectivity index (χ3n) is 5.08. The van der Waals surface area contributed by atoms with Crippen molar-refractivity contribution >= 4 is 0 Å². The molecule has 1 saturated carbocycles. The first-order valence-corrected chi connectivity index (χ1v) is 8.22. The largest absolute Gasteiger partial charge is 0.315 e. The number of hydrogen-bond donors (Lipinski definition) is 1. The maximum Gasteiger partial charge on any atom is 0.0470 e. The van der Waals surface area contributed by atoms with Crippen LogP contribution >= 0.6 is 0 Å². The second kappa shape index (κ2) is 7.39. The van der Waals surface area contributed by atoms with Crippen LogP contribution in [-0.2, 0) is 0 Å². The number of hydrogen-bond acceptors (Lipinski definition) is 3. The minimum atomic E-state index is 0.383. The lowest BCUT2D eigenvalue weighted by molar-refractivity contribution is 0.0158. The molecule has 1 aliphatic carbocycles. The van der Waals surface area contributed by atoms with Crippen LogP contribution in [-0.4, -0.2) is 56.1 Å². The Labute approximate surface area is 130 Å². The number of nitrogens with zero attached hydrogens (tertiary/aromatic N) is 2. The summed E-state index contributed by atoms with van der Waals surface area (Å²) in [7, 11) is 6.74. The van der Waals surface area contributed by atoms with Crippen molar-refractivity contribution in [3.63, 3.8) is 0 Å². The first kappa shape index (κ1) is 16.5. The third-order valence-corrected chi connectivity index (χ3v) is 5.08.